The summed E-state index contributed by atoms with van der Waals surface area (Å²) in [6.07, 6.45) is 0.768. The molecule has 0 aliphatic rings. The number of benzene rings is 1. The van der Waals surface area contributed by atoms with Crippen LogP contribution in [0.3, 0.4) is 0 Å². The lowest BCUT2D eigenvalue weighted by atomic mass is 9.84. The van der Waals surface area contributed by atoms with Crippen molar-refractivity contribution < 1.29 is 24.2 Å². The summed E-state index contributed by atoms with van der Waals surface area (Å²) in [6, 6.07) is 6.49. The number of carbonyl (C=O) groups is 3. The minimum absolute atomic E-state index is 0.126. The number of hydrogen-bond acceptors (Lipinski definition) is 4. The summed E-state index contributed by atoms with van der Waals surface area (Å²) >= 11 is 0. The van der Waals surface area contributed by atoms with Crippen LogP contribution in [0, 0.1) is 11.3 Å². The van der Waals surface area contributed by atoms with E-state index in [-0.39, 0.29) is 18.4 Å². The van der Waals surface area contributed by atoms with Gasteiger partial charge in [-0.2, -0.15) is 0 Å². The summed E-state index contributed by atoms with van der Waals surface area (Å²) < 4.78 is 5.32. The molecule has 0 saturated carbocycles. The van der Waals surface area contributed by atoms with E-state index in [4.69, 9.17) is 4.74 Å². The fraction of sp³-hybridized carbons (Fsp3) is 0.550. The predicted octanol–water partition coefficient (Wildman–Crippen LogP) is 2.00. The molecule has 0 unspecified atom stereocenters. The highest BCUT2D eigenvalue weighted by Crippen LogP contribution is 2.27. The van der Waals surface area contributed by atoms with Crippen LogP contribution >= 0.6 is 0 Å². The van der Waals surface area contributed by atoms with Gasteiger partial charge in [-0.25, -0.2) is 4.79 Å². The predicted molar refractivity (Wildman–Crippen MR) is 103 cm³/mol. The summed E-state index contributed by atoms with van der Waals surface area (Å²) in [7, 11) is 1.58. The first-order chi connectivity index (χ1) is 12.6. The normalized spacial score (nSPS) is 12.4. The standard InChI is InChI=1S/C20H30N2O5/c1-13(2)10-15(18(24)25)22-17(23)12-21-19(26)20(3,4)11-14-8-6-7-9-16(14)27-5/h6-9,13,15H,10-12H2,1-5H3,(H,21,26)(H,22,23)(H,24,25)/t15-/m0/s1. The van der Waals surface area contributed by atoms with E-state index in [2.05, 4.69) is 10.6 Å². The van der Waals surface area contributed by atoms with Crippen molar-refractivity contribution in [1.82, 2.24) is 10.6 Å². The van der Waals surface area contributed by atoms with Gasteiger partial charge in [0.2, 0.25) is 11.8 Å². The Hall–Kier alpha value is -2.57. The molecule has 0 radical (unpaired) electrons. The number of amides is 2. The van der Waals surface area contributed by atoms with E-state index in [0.29, 0.717) is 18.6 Å². The van der Waals surface area contributed by atoms with Crippen LogP contribution in [0.1, 0.15) is 39.7 Å². The monoisotopic (exact) mass is 378 g/mol. The van der Waals surface area contributed by atoms with Gasteiger partial charge in [0.25, 0.3) is 0 Å². The second-order valence-electron chi connectivity index (χ2n) is 7.64. The number of hydrogen-bond donors (Lipinski definition) is 3. The fourth-order valence-corrected chi connectivity index (χ4v) is 2.74. The van der Waals surface area contributed by atoms with Crippen molar-refractivity contribution in [2.45, 2.75) is 46.6 Å². The number of aliphatic carboxylic acids is 1. The van der Waals surface area contributed by atoms with Gasteiger partial charge in [0, 0.05) is 5.41 Å². The largest absolute Gasteiger partial charge is 0.496 e. The maximum Gasteiger partial charge on any atom is 0.326 e. The molecule has 0 aromatic heterocycles. The van der Waals surface area contributed by atoms with Gasteiger partial charge in [0.15, 0.2) is 0 Å². The van der Waals surface area contributed by atoms with E-state index >= 15 is 0 Å². The number of ether oxygens (including phenoxy) is 1. The van der Waals surface area contributed by atoms with E-state index in [1.54, 1.807) is 21.0 Å². The summed E-state index contributed by atoms with van der Waals surface area (Å²) in [6.45, 7) is 7.06. The van der Waals surface area contributed by atoms with Crippen LogP contribution in [0.2, 0.25) is 0 Å². The van der Waals surface area contributed by atoms with Crippen LogP contribution in [0.4, 0.5) is 0 Å². The van der Waals surface area contributed by atoms with E-state index in [1.807, 2.05) is 38.1 Å². The molecule has 1 atom stereocenters. The molecule has 0 aliphatic carbocycles. The number of carboxylic acid groups (broad SMARTS) is 1. The molecular formula is C20H30N2O5. The lowest BCUT2D eigenvalue weighted by Gasteiger charge is -2.25. The van der Waals surface area contributed by atoms with Crippen LogP contribution in [0.15, 0.2) is 24.3 Å². The Morgan fingerprint density at radius 1 is 1.19 bits per heavy atom. The zero-order chi connectivity index (χ0) is 20.6. The maximum absolute atomic E-state index is 12.5. The summed E-state index contributed by atoms with van der Waals surface area (Å²) in [5.41, 5.74) is 0.131. The van der Waals surface area contributed by atoms with Crippen LogP contribution in [0.5, 0.6) is 5.75 Å². The average Bonchev–Trinajstić information content (AvgIpc) is 2.58. The molecule has 0 bridgehead atoms. The van der Waals surface area contributed by atoms with Crippen molar-refractivity contribution in [1.29, 1.82) is 0 Å². The van der Waals surface area contributed by atoms with Gasteiger partial charge in [0.05, 0.1) is 13.7 Å². The molecule has 27 heavy (non-hydrogen) atoms. The van der Waals surface area contributed by atoms with Crippen LogP contribution in [-0.2, 0) is 20.8 Å². The second-order valence-corrected chi connectivity index (χ2v) is 7.64. The molecule has 0 aliphatic heterocycles. The molecule has 0 heterocycles. The van der Waals surface area contributed by atoms with Crippen LogP contribution in [-0.4, -0.2) is 42.6 Å². The van der Waals surface area contributed by atoms with E-state index in [1.165, 1.54) is 0 Å². The third kappa shape index (κ3) is 7.29. The second kappa shape index (κ2) is 9.94. The fourth-order valence-electron chi connectivity index (χ4n) is 2.74. The number of nitrogens with one attached hydrogen (secondary N) is 2. The van der Waals surface area contributed by atoms with E-state index < -0.39 is 23.3 Å². The minimum atomic E-state index is -1.08. The molecular weight excluding hydrogens is 348 g/mol. The van der Waals surface area contributed by atoms with Crippen molar-refractivity contribution in [3.63, 3.8) is 0 Å². The highest BCUT2D eigenvalue weighted by atomic mass is 16.5. The van der Waals surface area contributed by atoms with Gasteiger partial charge in [-0.05, 0) is 30.4 Å². The summed E-state index contributed by atoms with van der Waals surface area (Å²) in [5, 5.41) is 14.2. The first-order valence-corrected chi connectivity index (χ1v) is 8.99. The molecule has 7 nitrogen and oxygen atoms in total. The number of methoxy groups -OCH3 is 1. The molecule has 0 saturated heterocycles. The highest BCUT2D eigenvalue weighted by Gasteiger charge is 2.29. The number of rotatable bonds is 10. The topological polar surface area (TPSA) is 105 Å². The minimum Gasteiger partial charge on any atom is -0.496 e. The van der Waals surface area contributed by atoms with Crippen molar-refractivity contribution in [2.24, 2.45) is 11.3 Å². The quantitative estimate of drug-likeness (QED) is 0.578. The van der Waals surface area contributed by atoms with Gasteiger partial charge in [0.1, 0.15) is 11.8 Å². The SMILES string of the molecule is COc1ccccc1CC(C)(C)C(=O)NCC(=O)N[C@@H](CC(C)C)C(=O)O. The number of para-hydroxylation sites is 1. The molecule has 2 amide bonds. The zero-order valence-electron chi connectivity index (χ0n) is 16.7. The van der Waals surface area contributed by atoms with Crippen molar-refractivity contribution in [3.8, 4) is 5.75 Å². The Labute approximate surface area is 160 Å². The first-order valence-electron chi connectivity index (χ1n) is 8.99. The molecule has 1 rings (SSSR count). The molecule has 3 N–H and O–H groups in total. The highest BCUT2D eigenvalue weighted by molar-refractivity contribution is 5.89. The molecule has 1 aromatic carbocycles. The summed E-state index contributed by atoms with van der Waals surface area (Å²) in [5.74, 6) is -1.07. The van der Waals surface area contributed by atoms with Gasteiger partial charge < -0.3 is 20.5 Å². The molecule has 1 aromatic rings. The number of carbonyl (C=O) groups excluding carboxylic acids is 2. The van der Waals surface area contributed by atoms with Gasteiger partial charge in [-0.15, -0.1) is 0 Å². The Kier molecular flexibility index (Phi) is 8.28. The third-order valence-electron chi connectivity index (χ3n) is 4.19. The van der Waals surface area contributed by atoms with Gasteiger partial charge in [-0.1, -0.05) is 45.9 Å². The Balaban J connectivity index is 2.63. The number of carboxylic acids is 1. The zero-order valence-corrected chi connectivity index (χ0v) is 16.7. The van der Waals surface area contributed by atoms with E-state index in [9.17, 15) is 19.5 Å². The van der Waals surface area contributed by atoms with Crippen molar-refractivity contribution in [2.75, 3.05) is 13.7 Å². The van der Waals surface area contributed by atoms with Crippen molar-refractivity contribution >= 4 is 17.8 Å². The Morgan fingerprint density at radius 3 is 2.37 bits per heavy atom. The van der Waals surface area contributed by atoms with Gasteiger partial charge in [-0.3, -0.25) is 9.59 Å². The van der Waals surface area contributed by atoms with Gasteiger partial charge >= 0.3 is 5.97 Å². The smallest absolute Gasteiger partial charge is 0.326 e. The molecule has 0 spiro atoms. The average molecular weight is 378 g/mol. The van der Waals surface area contributed by atoms with Crippen LogP contribution in [0.25, 0.3) is 0 Å². The van der Waals surface area contributed by atoms with E-state index in [0.717, 1.165) is 5.56 Å². The maximum atomic E-state index is 12.5. The third-order valence-corrected chi connectivity index (χ3v) is 4.19. The van der Waals surface area contributed by atoms with Crippen molar-refractivity contribution in [3.05, 3.63) is 29.8 Å². The summed E-state index contributed by atoms with van der Waals surface area (Å²) in [4.78, 5) is 35.8. The molecule has 150 valence electrons. The lowest BCUT2D eigenvalue weighted by Crippen LogP contribution is -2.48. The molecule has 7 heteroatoms. The Bertz CT molecular complexity index is 670. The van der Waals surface area contributed by atoms with Crippen LogP contribution < -0.4 is 15.4 Å². The lowest BCUT2D eigenvalue weighted by molar-refractivity contribution is -0.142. The molecule has 0 fully saturated rings. The Morgan fingerprint density at radius 2 is 1.81 bits per heavy atom. The first kappa shape index (κ1) is 22.5.